The van der Waals surface area contributed by atoms with Crippen molar-refractivity contribution in [3.05, 3.63) is 29.3 Å². The molecule has 5 heteroatoms. The van der Waals surface area contributed by atoms with Crippen LogP contribution in [0.5, 0.6) is 0 Å². The van der Waals surface area contributed by atoms with Gasteiger partial charge in [0.25, 0.3) is 0 Å². The predicted molar refractivity (Wildman–Crippen MR) is 74.3 cm³/mol. The molecule has 1 atom stereocenters. The molecule has 2 rings (SSSR count). The number of halogens is 1. The van der Waals surface area contributed by atoms with Gasteiger partial charge in [0, 0.05) is 24.3 Å². The highest BCUT2D eigenvalue weighted by molar-refractivity contribution is 6.30. The summed E-state index contributed by atoms with van der Waals surface area (Å²) in [5, 5.41) is 3.77. The average Bonchev–Trinajstić information content (AvgIpc) is 2.64. The number of carbonyl (C=O) groups is 1. The molecule has 1 heterocycles. The van der Waals surface area contributed by atoms with Gasteiger partial charge in [-0.15, -0.1) is 0 Å². The first-order valence-corrected chi connectivity index (χ1v) is 6.45. The number of benzene rings is 1. The van der Waals surface area contributed by atoms with Crippen molar-refractivity contribution in [1.29, 1.82) is 0 Å². The Morgan fingerprint density at radius 3 is 2.94 bits per heavy atom. The quantitative estimate of drug-likeness (QED) is 0.908. The van der Waals surface area contributed by atoms with Crippen LogP contribution in [0.4, 0.5) is 10.5 Å². The summed E-state index contributed by atoms with van der Waals surface area (Å²) in [6.07, 6.45) is 0.954. The fraction of sp³-hybridized carbons (Fsp3) is 0.462. The van der Waals surface area contributed by atoms with E-state index in [-0.39, 0.29) is 12.1 Å². The fourth-order valence-corrected chi connectivity index (χ4v) is 2.40. The molecule has 98 valence electrons. The van der Waals surface area contributed by atoms with Crippen LogP contribution >= 0.6 is 11.6 Å². The predicted octanol–water partition coefficient (Wildman–Crippen LogP) is 2.19. The van der Waals surface area contributed by atoms with Crippen LogP contribution in [0, 0.1) is 0 Å². The van der Waals surface area contributed by atoms with Gasteiger partial charge in [0.2, 0.25) is 0 Å². The van der Waals surface area contributed by atoms with E-state index in [0.717, 1.165) is 25.2 Å². The number of anilines is 1. The molecule has 4 nitrogen and oxygen atoms in total. The number of amides is 2. The monoisotopic (exact) mass is 267 g/mol. The lowest BCUT2D eigenvalue weighted by Crippen LogP contribution is -2.32. The first-order valence-electron chi connectivity index (χ1n) is 6.08. The van der Waals surface area contributed by atoms with E-state index >= 15 is 0 Å². The second kappa shape index (κ2) is 5.59. The van der Waals surface area contributed by atoms with Crippen molar-refractivity contribution in [1.82, 2.24) is 10.2 Å². The third kappa shape index (κ3) is 2.60. The molecule has 0 spiro atoms. The Bertz CT molecular complexity index is 438. The molecule has 1 aromatic rings. The van der Waals surface area contributed by atoms with Gasteiger partial charge in [0.15, 0.2) is 0 Å². The highest BCUT2D eigenvalue weighted by Gasteiger charge is 2.34. The van der Waals surface area contributed by atoms with Crippen LogP contribution in [-0.4, -0.2) is 44.2 Å². The SMILES string of the molecule is CNCCC1CN(c2cccc(Cl)c2)C(=O)N1C. The van der Waals surface area contributed by atoms with Gasteiger partial charge in [0.05, 0.1) is 6.04 Å². The third-order valence-electron chi connectivity index (χ3n) is 3.32. The first kappa shape index (κ1) is 13.2. The van der Waals surface area contributed by atoms with E-state index < -0.39 is 0 Å². The van der Waals surface area contributed by atoms with Gasteiger partial charge in [-0.05, 0) is 38.2 Å². The summed E-state index contributed by atoms with van der Waals surface area (Å²) in [6, 6.07) is 7.72. The van der Waals surface area contributed by atoms with Crippen LogP contribution in [0.25, 0.3) is 0 Å². The van der Waals surface area contributed by atoms with Crippen LogP contribution in [0.1, 0.15) is 6.42 Å². The molecule has 1 N–H and O–H groups in total. The zero-order valence-corrected chi connectivity index (χ0v) is 11.4. The normalized spacial score (nSPS) is 19.7. The van der Waals surface area contributed by atoms with E-state index in [2.05, 4.69) is 5.32 Å². The Morgan fingerprint density at radius 1 is 1.50 bits per heavy atom. The molecule has 1 aromatic carbocycles. The highest BCUT2D eigenvalue weighted by Crippen LogP contribution is 2.26. The summed E-state index contributed by atoms with van der Waals surface area (Å²) < 4.78 is 0. The van der Waals surface area contributed by atoms with Crippen LogP contribution in [0.15, 0.2) is 24.3 Å². The summed E-state index contributed by atoms with van der Waals surface area (Å²) in [7, 11) is 3.78. The molecule has 1 aliphatic heterocycles. The lowest BCUT2D eigenvalue weighted by Gasteiger charge is -2.17. The Balaban J connectivity index is 2.13. The average molecular weight is 268 g/mol. The van der Waals surface area contributed by atoms with Crippen molar-refractivity contribution < 1.29 is 4.79 Å². The van der Waals surface area contributed by atoms with E-state index in [4.69, 9.17) is 11.6 Å². The maximum Gasteiger partial charge on any atom is 0.324 e. The number of nitrogens with zero attached hydrogens (tertiary/aromatic N) is 2. The molecule has 1 fully saturated rings. The van der Waals surface area contributed by atoms with E-state index in [0.29, 0.717) is 5.02 Å². The molecule has 0 aromatic heterocycles. The van der Waals surface area contributed by atoms with Gasteiger partial charge >= 0.3 is 6.03 Å². The topological polar surface area (TPSA) is 35.6 Å². The van der Waals surface area contributed by atoms with Gasteiger partial charge in [-0.3, -0.25) is 4.90 Å². The molecular formula is C13H18ClN3O. The molecule has 0 radical (unpaired) electrons. The molecule has 0 saturated carbocycles. The van der Waals surface area contributed by atoms with Crippen molar-refractivity contribution in [3.8, 4) is 0 Å². The smallest absolute Gasteiger partial charge is 0.323 e. The molecule has 0 aliphatic carbocycles. The number of likely N-dealkylation sites (N-methyl/N-ethyl adjacent to an activating group) is 1. The fourth-order valence-electron chi connectivity index (χ4n) is 2.21. The minimum atomic E-state index is 0.0402. The Morgan fingerprint density at radius 2 is 2.28 bits per heavy atom. The van der Waals surface area contributed by atoms with Gasteiger partial charge in [-0.25, -0.2) is 4.79 Å². The standard InChI is InChI=1S/C13H18ClN3O/c1-15-7-6-12-9-17(13(18)16(12)2)11-5-3-4-10(14)8-11/h3-5,8,12,15H,6-7,9H2,1-2H3. The summed E-state index contributed by atoms with van der Waals surface area (Å²) in [5.74, 6) is 0. The van der Waals surface area contributed by atoms with E-state index in [1.807, 2.05) is 38.4 Å². The Kier molecular flexibility index (Phi) is 4.09. The summed E-state index contributed by atoms with van der Waals surface area (Å²) >= 11 is 5.97. The molecule has 1 saturated heterocycles. The van der Waals surface area contributed by atoms with Crippen LogP contribution in [0.3, 0.4) is 0 Å². The molecule has 18 heavy (non-hydrogen) atoms. The Hall–Kier alpha value is -1.26. The minimum absolute atomic E-state index is 0.0402. The van der Waals surface area contributed by atoms with Crippen LogP contribution < -0.4 is 10.2 Å². The zero-order chi connectivity index (χ0) is 13.1. The Labute approximate surface area is 113 Å². The number of hydrogen-bond donors (Lipinski definition) is 1. The van der Waals surface area contributed by atoms with E-state index in [9.17, 15) is 4.79 Å². The van der Waals surface area contributed by atoms with Crippen molar-refractivity contribution >= 4 is 23.3 Å². The molecule has 1 unspecified atom stereocenters. The van der Waals surface area contributed by atoms with Crippen LogP contribution in [0.2, 0.25) is 5.02 Å². The largest absolute Gasteiger partial charge is 0.324 e. The van der Waals surface area contributed by atoms with Crippen molar-refractivity contribution in [3.63, 3.8) is 0 Å². The van der Waals surface area contributed by atoms with Crippen molar-refractivity contribution in [2.24, 2.45) is 0 Å². The maximum atomic E-state index is 12.2. The van der Waals surface area contributed by atoms with Gasteiger partial charge in [-0.2, -0.15) is 0 Å². The lowest BCUT2D eigenvalue weighted by molar-refractivity contribution is 0.217. The number of carbonyl (C=O) groups excluding carboxylic acids is 1. The molecule has 0 bridgehead atoms. The van der Waals surface area contributed by atoms with Crippen molar-refractivity contribution in [2.75, 3.05) is 32.1 Å². The summed E-state index contributed by atoms with van der Waals surface area (Å²) in [6.45, 7) is 1.63. The number of rotatable bonds is 4. The lowest BCUT2D eigenvalue weighted by atomic mass is 10.2. The van der Waals surface area contributed by atoms with Gasteiger partial charge < -0.3 is 10.2 Å². The molecular weight excluding hydrogens is 250 g/mol. The zero-order valence-electron chi connectivity index (χ0n) is 10.7. The van der Waals surface area contributed by atoms with Gasteiger partial charge in [-0.1, -0.05) is 17.7 Å². The molecule has 1 aliphatic rings. The first-order chi connectivity index (χ1) is 8.63. The third-order valence-corrected chi connectivity index (χ3v) is 3.56. The van der Waals surface area contributed by atoms with Crippen molar-refractivity contribution in [2.45, 2.75) is 12.5 Å². The second-order valence-electron chi connectivity index (χ2n) is 4.53. The summed E-state index contributed by atoms with van der Waals surface area (Å²) in [5.41, 5.74) is 0.867. The van der Waals surface area contributed by atoms with E-state index in [1.54, 1.807) is 9.80 Å². The minimum Gasteiger partial charge on any atom is -0.323 e. The number of nitrogens with one attached hydrogen (secondary N) is 1. The second-order valence-corrected chi connectivity index (χ2v) is 4.97. The van der Waals surface area contributed by atoms with Crippen LogP contribution in [-0.2, 0) is 0 Å². The van der Waals surface area contributed by atoms with Gasteiger partial charge in [0.1, 0.15) is 0 Å². The highest BCUT2D eigenvalue weighted by atomic mass is 35.5. The molecule has 2 amide bonds. The number of hydrogen-bond acceptors (Lipinski definition) is 2. The number of urea groups is 1. The maximum absolute atomic E-state index is 12.2. The summed E-state index contributed by atoms with van der Waals surface area (Å²) in [4.78, 5) is 15.8. The van der Waals surface area contributed by atoms with E-state index in [1.165, 1.54) is 0 Å².